The third kappa shape index (κ3) is 3.08. The second-order valence-corrected chi connectivity index (χ2v) is 5.36. The van der Waals surface area contributed by atoms with Crippen LogP contribution in [0.4, 0.5) is 4.39 Å². The number of hydrogen-bond donors (Lipinski definition) is 1. The van der Waals surface area contributed by atoms with Crippen molar-refractivity contribution in [2.75, 3.05) is 7.11 Å². The Kier molecular flexibility index (Phi) is 4.45. The number of benzene rings is 2. The predicted octanol–water partition coefficient (Wildman–Crippen LogP) is 4.30. The topological polar surface area (TPSA) is 35.2 Å². The van der Waals surface area contributed by atoms with E-state index in [2.05, 4.69) is 15.9 Å². The van der Waals surface area contributed by atoms with Crippen LogP contribution in [0.2, 0.25) is 5.02 Å². The van der Waals surface area contributed by atoms with E-state index >= 15 is 0 Å². The molecule has 0 aliphatic carbocycles. The van der Waals surface area contributed by atoms with E-state index in [0.717, 1.165) is 10.0 Å². The molecule has 0 saturated carbocycles. The Hall–Kier alpha value is -1.10. The first kappa shape index (κ1) is 14.3. The van der Waals surface area contributed by atoms with Crippen LogP contribution in [0.1, 0.15) is 17.2 Å². The summed E-state index contributed by atoms with van der Waals surface area (Å²) >= 11 is 9.35. The standard InChI is InChI=1S/C14H12BrClFNO/c1-19-13-5-2-8(6-11(13)16)14(18)10-7-9(15)3-4-12(10)17/h2-7,14H,18H2,1H3. The molecule has 0 saturated heterocycles. The number of nitrogens with two attached hydrogens (primary N) is 1. The molecule has 2 nitrogen and oxygen atoms in total. The summed E-state index contributed by atoms with van der Waals surface area (Å²) in [6.45, 7) is 0. The quantitative estimate of drug-likeness (QED) is 0.901. The summed E-state index contributed by atoms with van der Waals surface area (Å²) in [7, 11) is 1.54. The highest BCUT2D eigenvalue weighted by molar-refractivity contribution is 9.10. The second kappa shape index (κ2) is 5.90. The highest BCUT2D eigenvalue weighted by Crippen LogP contribution is 2.30. The van der Waals surface area contributed by atoms with Crippen molar-refractivity contribution < 1.29 is 9.13 Å². The van der Waals surface area contributed by atoms with E-state index in [-0.39, 0.29) is 5.82 Å². The van der Waals surface area contributed by atoms with Gasteiger partial charge in [-0.05, 0) is 35.9 Å². The first-order valence-electron chi connectivity index (χ1n) is 5.57. The van der Waals surface area contributed by atoms with Crippen LogP contribution in [0, 0.1) is 5.82 Å². The van der Waals surface area contributed by atoms with Crippen LogP contribution in [0.25, 0.3) is 0 Å². The van der Waals surface area contributed by atoms with Gasteiger partial charge in [-0.25, -0.2) is 4.39 Å². The van der Waals surface area contributed by atoms with Crippen LogP contribution in [-0.4, -0.2) is 7.11 Å². The van der Waals surface area contributed by atoms with Crippen LogP contribution < -0.4 is 10.5 Å². The summed E-state index contributed by atoms with van der Waals surface area (Å²) in [5.41, 5.74) is 7.22. The third-order valence-electron chi connectivity index (χ3n) is 2.83. The molecule has 100 valence electrons. The Bertz CT molecular complexity index is 606. The van der Waals surface area contributed by atoms with Gasteiger partial charge in [-0.2, -0.15) is 0 Å². The first-order valence-corrected chi connectivity index (χ1v) is 6.74. The lowest BCUT2D eigenvalue weighted by Gasteiger charge is -2.15. The smallest absolute Gasteiger partial charge is 0.137 e. The minimum Gasteiger partial charge on any atom is -0.495 e. The molecule has 0 heterocycles. The fourth-order valence-electron chi connectivity index (χ4n) is 1.81. The maximum absolute atomic E-state index is 13.8. The Morgan fingerprint density at radius 1 is 1.26 bits per heavy atom. The Balaban J connectivity index is 2.41. The van der Waals surface area contributed by atoms with Crippen LogP contribution in [0.15, 0.2) is 40.9 Å². The summed E-state index contributed by atoms with van der Waals surface area (Å²) < 4.78 is 19.6. The predicted molar refractivity (Wildman–Crippen MR) is 78.1 cm³/mol. The summed E-state index contributed by atoms with van der Waals surface area (Å²) in [4.78, 5) is 0. The van der Waals surface area contributed by atoms with Crippen molar-refractivity contribution in [3.8, 4) is 5.75 Å². The lowest BCUT2D eigenvalue weighted by molar-refractivity contribution is 0.415. The Morgan fingerprint density at radius 3 is 2.63 bits per heavy atom. The average Bonchev–Trinajstić information content (AvgIpc) is 2.40. The fraction of sp³-hybridized carbons (Fsp3) is 0.143. The maximum Gasteiger partial charge on any atom is 0.137 e. The molecule has 5 heteroatoms. The van der Waals surface area contributed by atoms with Gasteiger partial charge in [-0.3, -0.25) is 0 Å². The van der Waals surface area contributed by atoms with E-state index in [1.54, 1.807) is 30.3 Å². The van der Waals surface area contributed by atoms with Crippen molar-refractivity contribution >= 4 is 27.5 Å². The number of hydrogen-bond acceptors (Lipinski definition) is 2. The average molecular weight is 345 g/mol. The van der Waals surface area contributed by atoms with E-state index in [0.29, 0.717) is 16.3 Å². The largest absolute Gasteiger partial charge is 0.495 e. The van der Waals surface area contributed by atoms with Gasteiger partial charge in [0.1, 0.15) is 11.6 Å². The van der Waals surface area contributed by atoms with Crippen molar-refractivity contribution in [2.45, 2.75) is 6.04 Å². The fourth-order valence-corrected chi connectivity index (χ4v) is 2.45. The van der Waals surface area contributed by atoms with Crippen molar-refractivity contribution in [3.63, 3.8) is 0 Å². The van der Waals surface area contributed by atoms with Crippen molar-refractivity contribution in [3.05, 3.63) is 62.8 Å². The molecule has 2 aromatic carbocycles. The van der Waals surface area contributed by atoms with Crippen LogP contribution in [0.5, 0.6) is 5.75 Å². The number of ether oxygens (including phenoxy) is 1. The van der Waals surface area contributed by atoms with Gasteiger partial charge in [0, 0.05) is 10.0 Å². The molecule has 0 amide bonds. The van der Waals surface area contributed by atoms with Gasteiger partial charge in [0.25, 0.3) is 0 Å². The molecule has 2 rings (SSSR count). The van der Waals surface area contributed by atoms with Crippen molar-refractivity contribution in [1.29, 1.82) is 0 Å². The SMILES string of the molecule is COc1ccc(C(N)c2cc(Br)ccc2F)cc1Cl. The summed E-state index contributed by atoms with van der Waals surface area (Å²) in [6, 6.07) is 9.27. The Morgan fingerprint density at radius 2 is 2.00 bits per heavy atom. The molecule has 0 radical (unpaired) electrons. The molecule has 2 N–H and O–H groups in total. The monoisotopic (exact) mass is 343 g/mol. The molecule has 19 heavy (non-hydrogen) atoms. The Labute approximate surface area is 124 Å². The van der Waals surface area contributed by atoms with E-state index in [9.17, 15) is 4.39 Å². The highest BCUT2D eigenvalue weighted by Gasteiger charge is 2.15. The molecule has 2 aromatic rings. The summed E-state index contributed by atoms with van der Waals surface area (Å²) in [5, 5.41) is 0.450. The molecule has 0 spiro atoms. The van der Waals surface area contributed by atoms with E-state index in [1.807, 2.05) is 0 Å². The maximum atomic E-state index is 13.8. The van der Waals surface area contributed by atoms with E-state index in [1.165, 1.54) is 13.2 Å². The van der Waals surface area contributed by atoms with Gasteiger partial charge in [-0.1, -0.05) is 33.6 Å². The van der Waals surface area contributed by atoms with Crippen LogP contribution in [-0.2, 0) is 0 Å². The molecular weight excluding hydrogens is 333 g/mol. The van der Waals surface area contributed by atoms with Gasteiger partial charge in [-0.15, -0.1) is 0 Å². The second-order valence-electron chi connectivity index (χ2n) is 4.04. The zero-order valence-electron chi connectivity index (χ0n) is 10.2. The normalized spacial score (nSPS) is 12.3. The molecule has 0 aliphatic heterocycles. The molecule has 1 atom stereocenters. The van der Waals surface area contributed by atoms with Gasteiger partial charge in [0.15, 0.2) is 0 Å². The minimum absolute atomic E-state index is 0.345. The lowest BCUT2D eigenvalue weighted by Crippen LogP contribution is -2.13. The van der Waals surface area contributed by atoms with Crippen LogP contribution in [0.3, 0.4) is 0 Å². The zero-order chi connectivity index (χ0) is 14.0. The van der Waals surface area contributed by atoms with Crippen molar-refractivity contribution in [1.82, 2.24) is 0 Å². The molecule has 0 aromatic heterocycles. The summed E-state index contributed by atoms with van der Waals surface area (Å²) in [5.74, 6) is 0.218. The molecule has 1 unspecified atom stereocenters. The first-order chi connectivity index (χ1) is 9.02. The van der Waals surface area contributed by atoms with Gasteiger partial charge in [0.2, 0.25) is 0 Å². The highest BCUT2D eigenvalue weighted by atomic mass is 79.9. The molecule has 0 bridgehead atoms. The van der Waals surface area contributed by atoms with E-state index in [4.69, 9.17) is 22.1 Å². The van der Waals surface area contributed by atoms with Gasteiger partial charge >= 0.3 is 0 Å². The molecule has 0 aliphatic rings. The van der Waals surface area contributed by atoms with Crippen LogP contribution >= 0.6 is 27.5 Å². The van der Waals surface area contributed by atoms with E-state index < -0.39 is 6.04 Å². The number of methoxy groups -OCH3 is 1. The molecule has 0 fully saturated rings. The summed E-state index contributed by atoms with van der Waals surface area (Å²) in [6.07, 6.45) is 0. The minimum atomic E-state index is -0.582. The zero-order valence-corrected chi connectivity index (χ0v) is 12.5. The molecular formula is C14H12BrClFNO. The lowest BCUT2D eigenvalue weighted by atomic mass is 9.99. The van der Waals surface area contributed by atoms with Crippen molar-refractivity contribution in [2.24, 2.45) is 5.73 Å². The number of halogens is 3. The van der Waals surface area contributed by atoms with Gasteiger partial charge in [0.05, 0.1) is 18.2 Å². The number of rotatable bonds is 3. The third-order valence-corrected chi connectivity index (χ3v) is 3.62. The van der Waals surface area contributed by atoms with Gasteiger partial charge < -0.3 is 10.5 Å².